The Bertz CT molecular complexity index is 981. The van der Waals surface area contributed by atoms with Gasteiger partial charge in [0.15, 0.2) is 5.96 Å². The van der Waals surface area contributed by atoms with Gasteiger partial charge in [0.1, 0.15) is 0 Å². The lowest BCUT2D eigenvalue weighted by Crippen LogP contribution is -2.66. The maximum absolute atomic E-state index is 13.0. The first-order valence-corrected chi connectivity index (χ1v) is 10.6. The molecule has 1 amide bonds. The van der Waals surface area contributed by atoms with Gasteiger partial charge in [0, 0.05) is 16.8 Å². The first-order chi connectivity index (χ1) is 14.1. The molecule has 4 rings (SSSR count). The van der Waals surface area contributed by atoms with Crippen molar-refractivity contribution in [2.24, 2.45) is 0 Å². The summed E-state index contributed by atoms with van der Waals surface area (Å²) in [6.45, 7) is 3.62. The number of aliphatic hydroxyl groups is 1. The minimum absolute atomic E-state index is 0.0429. The van der Waals surface area contributed by atoms with E-state index in [2.05, 4.69) is 10.6 Å². The molecule has 2 aromatic rings. The summed E-state index contributed by atoms with van der Waals surface area (Å²) in [5.41, 5.74) is 0.701. The standard InChI is InChI=1S/C22H24Cl2N4O2/c1-21(30)10-15(11-21)28-18(29)12-22(2,27-20(28)25)16-4-3-5-17(19(16)24)26-14-8-6-13(23)7-9-14/h3-9,15,26,30H,10-12H2,1-2H3,(H2,25,27)/t15?,21?,22-/m0/s1. The van der Waals surface area contributed by atoms with E-state index in [0.717, 1.165) is 11.3 Å². The van der Waals surface area contributed by atoms with Crippen LogP contribution in [-0.2, 0) is 10.3 Å². The topological polar surface area (TPSA) is 88.4 Å². The van der Waals surface area contributed by atoms with E-state index >= 15 is 0 Å². The largest absolute Gasteiger partial charge is 0.390 e. The van der Waals surface area contributed by atoms with Crippen molar-refractivity contribution >= 4 is 46.4 Å². The molecule has 1 aliphatic carbocycles. The number of carbonyl (C=O) groups is 1. The van der Waals surface area contributed by atoms with Crippen LogP contribution in [0.15, 0.2) is 42.5 Å². The highest BCUT2D eigenvalue weighted by atomic mass is 35.5. The summed E-state index contributed by atoms with van der Waals surface area (Å²) in [5.74, 6) is -0.102. The summed E-state index contributed by atoms with van der Waals surface area (Å²) in [6.07, 6.45) is 1.11. The Labute approximate surface area is 185 Å². The number of nitrogens with zero attached hydrogens (tertiary/aromatic N) is 1. The van der Waals surface area contributed by atoms with E-state index in [1.807, 2.05) is 37.3 Å². The van der Waals surface area contributed by atoms with Gasteiger partial charge in [0.25, 0.3) is 0 Å². The van der Waals surface area contributed by atoms with Crippen LogP contribution in [0.1, 0.15) is 38.7 Å². The van der Waals surface area contributed by atoms with Crippen molar-refractivity contribution < 1.29 is 9.90 Å². The van der Waals surface area contributed by atoms with Crippen LogP contribution < -0.4 is 10.6 Å². The summed E-state index contributed by atoms with van der Waals surface area (Å²) < 4.78 is 0. The van der Waals surface area contributed by atoms with Crippen molar-refractivity contribution in [2.45, 2.75) is 50.3 Å². The van der Waals surface area contributed by atoms with E-state index in [-0.39, 0.29) is 24.3 Å². The lowest BCUT2D eigenvalue weighted by Gasteiger charge is -2.50. The summed E-state index contributed by atoms with van der Waals surface area (Å²) in [7, 11) is 0. The van der Waals surface area contributed by atoms with Gasteiger partial charge < -0.3 is 15.7 Å². The third kappa shape index (κ3) is 3.87. The van der Waals surface area contributed by atoms with Gasteiger partial charge in [-0.25, -0.2) is 0 Å². The fourth-order valence-corrected chi connectivity index (χ4v) is 4.82. The molecule has 1 saturated carbocycles. The highest BCUT2D eigenvalue weighted by Gasteiger charge is 2.49. The molecular weight excluding hydrogens is 423 g/mol. The van der Waals surface area contributed by atoms with Gasteiger partial charge in [-0.3, -0.25) is 15.1 Å². The normalized spacial score (nSPS) is 28.7. The number of guanidine groups is 1. The molecule has 0 unspecified atom stereocenters. The Balaban J connectivity index is 1.57. The Morgan fingerprint density at radius 3 is 2.43 bits per heavy atom. The molecule has 0 radical (unpaired) electrons. The Hall–Kier alpha value is -2.28. The third-order valence-corrected chi connectivity index (χ3v) is 6.50. The van der Waals surface area contributed by atoms with E-state index in [4.69, 9.17) is 28.6 Å². The molecule has 2 aromatic carbocycles. The maximum atomic E-state index is 13.0. The number of hydrogen-bond acceptors (Lipinski definition) is 4. The Morgan fingerprint density at radius 1 is 1.17 bits per heavy atom. The van der Waals surface area contributed by atoms with Crippen LogP contribution in [0.5, 0.6) is 0 Å². The maximum Gasteiger partial charge on any atom is 0.232 e. The van der Waals surface area contributed by atoms with Gasteiger partial charge in [0.05, 0.1) is 28.3 Å². The van der Waals surface area contributed by atoms with Gasteiger partial charge >= 0.3 is 0 Å². The molecular formula is C22H24Cl2N4O2. The number of carbonyl (C=O) groups excluding carboxylic acids is 1. The molecule has 1 aliphatic heterocycles. The predicted octanol–water partition coefficient (Wildman–Crippen LogP) is 4.62. The van der Waals surface area contributed by atoms with E-state index in [1.165, 1.54) is 4.90 Å². The van der Waals surface area contributed by atoms with Crippen molar-refractivity contribution in [3.05, 3.63) is 58.1 Å². The van der Waals surface area contributed by atoms with Crippen LogP contribution in [0.3, 0.4) is 0 Å². The second-order valence-electron chi connectivity index (χ2n) is 8.60. The van der Waals surface area contributed by atoms with Crippen LogP contribution in [0.2, 0.25) is 10.0 Å². The molecule has 8 heteroatoms. The van der Waals surface area contributed by atoms with Gasteiger partial charge in [-0.2, -0.15) is 0 Å². The van der Waals surface area contributed by atoms with Gasteiger partial charge in [0.2, 0.25) is 5.91 Å². The monoisotopic (exact) mass is 446 g/mol. The predicted molar refractivity (Wildman–Crippen MR) is 120 cm³/mol. The molecule has 6 nitrogen and oxygen atoms in total. The number of hydrogen-bond donors (Lipinski definition) is 4. The lowest BCUT2D eigenvalue weighted by molar-refractivity contribution is -0.139. The number of nitrogens with one attached hydrogen (secondary N) is 3. The number of anilines is 2. The highest BCUT2D eigenvalue weighted by Crippen LogP contribution is 2.41. The zero-order chi connectivity index (χ0) is 21.7. The quantitative estimate of drug-likeness (QED) is 0.551. The van der Waals surface area contributed by atoms with Crippen molar-refractivity contribution in [1.82, 2.24) is 10.2 Å². The zero-order valence-corrected chi connectivity index (χ0v) is 18.3. The van der Waals surface area contributed by atoms with E-state index < -0.39 is 11.1 Å². The number of amides is 1. The lowest BCUT2D eigenvalue weighted by atomic mass is 9.75. The minimum Gasteiger partial charge on any atom is -0.390 e. The molecule has 0 bridgehead atoms. The van der Waals surface area contributed by atoms with Crippen LogP contribution in [0.25, 0.3) is 0 Å². The van der Waals surface area contributed by atoms with Crippen molar-refractivity contribution in [3.63, 3.8) is 0 Å². The first kappa shape index (κ1) is 21.0. The second-order valence-corrected chi connectivity index (χ2v) is 9.42. The molecule has 1 saturated heterocycles. The highest BCUT2D eigenvalue weighted by molar-refractivity contribution is 6.34. The van der Waals surface area contributed by atoms with Crippen molar-refractivity contribution in [3.8, 4) is 0 Å². The molecule has 4 N–H and O–H groups in total. The molecule has 158 valence electrons. The third-order valence-electron chi connectivity index (χ3n) is 5.84. The van der Waals surface area contributed by atoms with Crippen molar-refractivity contribution in [1.29, 1.82) is 5.41 Å². The molecule has 2 aliphatic rings. The molecule has 0 aromatic heterocycles. The fourth-order valence-electron chi connectivity index (χ4n) is 4.31. The van der Waals surface area contributed by atoms with Crippen LogP contribution in [-0.4, -0.2) is 33.5 Å². The van der Waals surface area contributed by atoms with Crippen LogP contribution >= 0.6 is 23.2 Å². The second kappa shape index (κ2) is 7.45. The Kier molecular flexibility index (Phi) is 5.21. The van der Waals surface area contributed by atoms with Crippen LogP contribution in [0, 0.1) is 5.41 Å². The van der Waals surface area contributed by atoms with Gasteiger partial charge in [-0.1, -0.05) is 35.3 Å². The zero-order valence-electron chi connectivity index (χ0n) is 16.8. The Morgan fingerprint density at radius 2 is 1.83 bits per heavy atom. The van der Waals surface area contributed by atoms with Crippen LogP contribution in [0.4, 0.5) is 11.4 Å². The SMILES string of the molecule is CC1(O)CC(N2C(=N)N[C@](C)(c3cccc(Nc4ccc(Cl)cc4)c3Cl)CC2=O)C1. The average Bonchev–Trinajstić information content (AvgIpc) is 2.63. The molecule has 1 atom stereocenters. The summed E-state index contributed by atoms with van der Waals surface area (Å²) in [4.78, 5) is 14.4. The molecule has 0 spiro atoms. The number of rotatable bonds is 4. The minimum atomic E-state index is -0.814. The first-order valence-electron chi connectivity index (χ1n) is 9.81. The molecule has 2 fully saturated rings. The summed E-state index contributed by atoms with van der Waals surface area (Å²) in [6, 6.07) is 12.7. The van der Waals surface area contributed by atoms with E-state index in [1.54, 1.807) is 19.1 Å². The average molecular weight is 447 g/mol. The molecule has 30 heavy (non-hydrogen) atoms. The molecule has 1 heterocycles. The summed E-state index contributed by atoms with van der Waals surface area (Å²) >= 11 is 12.7. The number of halogens is 2. The van der Waals surface area contributed by atoms with E-state index in [0.29, 0.717) is 28.6 Å². The van der Waals surface area contributed by atoms with Gasteiger partial charge in [-0.15, -0.1) is 0 Å². The number of benzene rings is 2. The van der Waals surface area contributed by atoms with Crippen molar-refractivity contribution in [2.75, 3.05) is 5.32 Å². The summed E-state index contributed by atoms with van der Waals surface area (Å²) in [5, 5.41) is 26.0. The smallest absolute Gasteiger partial charge is 0.232 e. The fraction of sp³-hybridized carbons (Fsp3) is 0.364. The van der Waals surface area contributed by atoms with Gasteiger partial charge in [-0.05, 0) is 62.6 Å². The van der Waals surface area contributed by atoms with E-state index in [9.17, 15) is 9.90 Å².